The summed E-state index contributed by atoms with van der Waals surface area (Å²) in [7, 11) is -3.35. The van der Waals surface area contributed by atoms with Crippen LogP contribution in [0.25, 0.3) is 0 Å². The van der Waals surface area contributed by atoms with Crippen LogP contribution in [-0.4, -0.2) is 24.9 Å². The maximum Gasteiger partial charge on any atom is 0.353 e. The van der Waals surface area contributed by atoms with Crippen molar-refractivity contribution in [3.05, 3.63) is 29.8 Å². The standard InChI is InChI=1S/C28H45N2O4P/c1-6-33-35(32,34-7-2)26(27(3,4)5)30-24-10-8-20(9-11-24)19-29-25(31)18-28-15-21-12-22(16-28)14-23(13-21)17-28/h8-11,21-23,26,30H,6-7,12-19H2,1-5H3,(H,29,31). The molecule has 4 fully saturated rings. The van der Waals surface area contributed by atoms with Crippen LogP contribution in [0.5, 0.6) is 0 Å². The van der Waals surface area contributed by atoms with Gasteiger partial charge in [0.05, 0.1) is 13.2 Å². The van der Waals surface area contributed by atoms with Crippen molar-refractivity contribution >= 4 is 19.2 Å². The largest absolute Gasteiger partial charge is 0.371 e. The topological polar surface area (TPSA) is 76.7 Å². The Morgan fingerprint density at radius 2 is 1.51 bits per heavy atom. The Labute approximate surface area is 211 Å². The molecule has 35 heavy (non-hydrogen) atoms. The highest BCUT2D eigenvalue weighted by molar-refractivity contribution is 7.54. The lowest BCUT2D eigenvalue weighted by atomic mass is 9.49. The molecule has 1 aromatic rings. The lowest BCUT2D eigenvalue weighted by Gasteiger charge is -2.56. The fraction of sp³-hybridized carbons (Fsp3) is 0.750. The van der Waals surface area contributed by atoms with Crippen LogP contribution in [0.2, 0.25) is 0 Å². The molecule has 0 heterocycles. The van der Waals surface area contributed by atoms with E-state index in [-0.39, 0.29) is 16.7 Å². The highest BCUT2D eigenvalue weighted by atomic mass is 31.2. The van der Waals surface area contributed by atoms with Crippen LogP contribution in [-0.2, 0) is 25.0 Å². The van der Waals surface area contributed by atoms with Gasteiger partial charge in [-0.05, 0) is 98.7 Å². The van der Waals surface area contributed by atoms with E-state index in [1.54, 1.807) is 0 Å². The van der Waals surface area contributed by atoms with Gasteiger partial charge in [0.25, 0.3) is 0 Å². The molecule has 1 aromatic carbocycles. The molecule has 0 saturated heterocycles. The molecule has 0 spiro atoms. The van der Waals surface area contributed by atoms with Gasteiger partial charge in [0, 0.05) is 18.7 Å². The molecule has 1 atom stereocenters. The van der Waals surface area contributed by atoms with Crippen LogP contribution < -0.4 is 10.6 Å². The Balaban J connectivity index is 1.33. The molecule has 2 N–H and O–H groups in total. The third kappa shape index (κ3) is 6.32. The molecular weight excluding hydrogens is 459 g/mol. The van der Waals surface area contributed by atoms with Crippen LogP contribution in [0.4, 0.5) is 5.69 Å². The van der Waals surface area contributed by atoms with E-state index >= 15 is 0 Å². The van der Waals surface area contributed by atoms with Crippen molar-refractivity contribution < 1.29 is 18.4 Å². The first-order valence-corrected chi connectivity index (χ1v) is 15.2. The first-order chi connectivity index (χ1) is 16.5. The van der Waals surface area contributed by atoms with Crippen molar-refractivity contribution in [3.8, 4) is 0 Å². The third-order valence-electron chi connectivity index (χ3n) is 8.20. The quantitative estimate of drug-likeness (QED) is 0.319. The lowest BCUT2D eigenvalue weighted by molar-refractivity contribution is -0.129. The maximum absolute atomic E-state index is 13.5. The zero-order valence-electron chi connectivity index (χ0n) is 22.3. The van der Waals surface area contributed by atoms with Crippen LogP contribution in [0.15, 0.2) is 24.3 Å². The van der Waals surface area contributed by atoms with E-state index in [0.717, 1.165) is 29.0 Å². The number of carbonyl (C=O) groups excluding carboxylic acids is 1. The van der Waals surface area contributed by atoms with Crippen LogP contribution in [0, 0.1) is 28.6 Å². The van der Waals surface area contributed by atoms with Crippen molar-refractivity contribution in [3.63, 3.8) is 0 Å². The fourth-order valence-electron chi connectivity index (χ4n) is 7.30. The minimum Gasteiger partial charge on any atom is -0.371 e. The molecule has 7 heteroatoms. The first-order valence-electron chi connectivity index (χ1n) is 13.5. The van der Waals surface area contributed by atoms with Gasteiger partial charge in [-0.1, -0.05) is 32.9 Å². The molecule has 1 unspecified atom stereocenters. The Morgan fingerprint density at radius 1 is 1.00 bits per heavy atom. The molecule has 0 radical (unpaired) electrons. The van der Waals surface area contributed by atoms with Gasteiger partial charge in [-0.3, -0.25) is 9.36 Å². The van der Waals surface area contributed by atoms with Crippen molar-refractivity contribution in [2.75, 3.05) is 18.5 Å². The molecule has 6 nitrogen and oxygen atoms in total. The summed E-state index contributed by atoms with van der Waals surface area (Å²) in [5.74, 6) is 2.31. The smallest absolute Gasteiger partial charge is 0.353 e. The highest BCUT2D eigenvalue weighted by Crippen LogP contribution is 2.61. The Bertz CT molecular complexity index is 879. The number of hydrogen-bond acceptors (Lipinski definition) is 5. The molecule has 196 valence electrons. The Hall–Kier alpha value is -1.36. The summed E-state index contributed by atoms with van der Waals surface area (Å²) in [5.41, 5.74) is 1.83. The molecule has 4 bridgehead atoms. The average molecular weight is 505 g/mol. The number of rotatable bonds is 11. The summed E-state index contributed by atoms with van der Waals surface area (Å²) in [4.78, 5) is 12.9. The normalized spacial score (nSPS) is 28.7. The monoisotopic (exact) mass is 504 g/mol. The second kappa shape index (κ2) is 10.6. The zero-order valence-corrected chi connectivity index (χ0v) is 23.2. The summed E-state index contributed by atoms with van der Waals surface area (Å²) in [6.45, 7) is 10.9. The van der Waals surface area contributed by atoms with Gasteiger partial charge < -0.3 is 19.7 Å². The summed E-state index contributed by atoms with van der Waals surface area (Å²) in [6, 6.07) is 7.97. The Morgan fingerprint density at radius 3 is 1.97 bits per heavy atom. The third-order valence-corrected chi connectivity index (χ3v) is 11.0. The number of nitrogens with one attached hydrogen (secondary N) is 2. The van der Waals surface area contributed by atoms with Gasteiger partial charge >= 0.3 is 7.60 Å². The van der Waals surface area contributed by atoms with Crippen molar-refractivity contribution in [1.82, 2.24) is 5.32 Å². The highest BCUT2D eigenvalue weighted by Gasteiger charge is 2.51. The Kier molecular flexibility index (Phi) is 8.05. The van der Waals surface area contributed by atoms with Crippen molar-refractivity contribution in [1.29, 1.82) is 0 Å². The van der Waals surface area contributed by atoms with E-state index in [1.165, 1.54) is 38.5 Å². The minimum atomic E-state index is -3.35. The van der Waals surface area contributed by atoms with Gasteiger partial charge in [-0.15, -0.1) is 0 Å². The lowest BCUT2D eigenvalue weighted by Crippen LogP contribution is -2.47. The van der Waals surface area contributed by atoms with Crippen LogP contribution in [0.3, 0.4) is 0 Å². The van der Waals surface area contributed by atoms with Crippen molar-refractivity contribution in [2.45, 2.75) is 91.9 Å². The second-order valence-corrected chi connectivity index (χ2v) is 14.5. The molecule has 1 amide bonds. The summed E-state index contributed by atoms with van der Waals surface area (Å²) in [6.07, 6.45) is 8.68. The van der Waals surface area contributed by atoms with E-state index in [1.807, 2.05) is 58.9 Å². The summed E-state index contributed by atoms with van der Waals surface area (Å²) in [5, 5.41) is 6.58. The number of amides is 1. The number of anilines is 1. The number of carbonyl (C=O) groups is 1. The minimum absolute atomic E-state index is 0.191. The molecule has 0 aromatic heterocycles. The second-order valence-electron chi connectivity index (χ2n) is 12.4. The zero-order chi connectivity index (χ0) is 25.3. The molecule has 4 saturated carbocycles. The average Bonchev–Trinajstić information content (AvgIpc) is 2.75. The van der Waals surface area contributed by atoms with E-state index in [2.05, 4.69) is 10.6 Å². The van der Waals surface area contributed by atoms with E-state index in [9.17, 15) is 9.36 Å². The van der Waals surface area contributed by atoms with Gasteiger partial charge in [-0.2, -0.15) is 0 Å². The number of hydrogen-bond donors (Lipinski definition) is 2. The molecular formula is C28H45N2O4P. The predicted octanol–water partition coefficient (Wildman–Crippen LogP) is 6.96. The maximum atomic E-state index is 13.5. The SMILES string of the molecule is CCOP(=O)(OCC)C(Nc1ccc(CNC(=O)CC23CC4CC(CC(C4)C2)C3)cc1)C(C)(C)C. The van der Waals surface area contributed by atoms with E-state index < -0.39 is 13.4 Å². The van der Waals surface area contributed by atoms with Gasteiger partial charge in [0.1, 0.15) is 5.78 Å². The summed E-state index contributed by atoms with van der Waals surface area (Å²) >= 11 is 0. The summed E-state index contributed by atoms with van der Waals surface area (Å²) < 4.78 is 24.8. The van der Waals surface area contributed by atoms with Gasteiger partial charge in [0.15, 0.2) is 0 Å². The molecule has 0 aliphatic heterocycles. The van der Waals surface area contributed by atoms with E-state index in [0.29, 0.717) is 26.2 Å². The van der Waals surface area contributed by atoms with Crippen LogP contribution in [0.1, 0.15) is 85.1 Å². The fourth-order valence-corrected chi connectivity index (χ4v) is 9.65. The van der Waals surface area contributed by atoms with Crippen LogP contribution >= 0.6 is 7.60 Å². The predicted molar refractivity (Wildman–Crippen MR) is 141 cm³/mol. The number of benzene rings is 1. The van der Waals surface area contributed by atoms with Gasteiger partial charge in [0.2, 0.25) is 5.91 Å². The van der Waals surface area contributed by atoms with Crippen molar-refractivity contribution in [2.24, 2.45) is 28.6 Å². The first kappa shape index (κ1) is 26.7. The molecule has 4 aliphatic rings. The van der Waals surface area contributed by atoms with E-state index in [4.69, 9.17) is 9.05 Å². The van der Waals surface area contributed by atoms with Gasteiger partial charge in [-0.25, -0.2) is 0 Å². The molecule has 4 aliphatic carbocycles. The molecule has 5 rings (SSSR count).